The zero-order valence-electron chi connectivity index (χ0n) is 17.1. The molecule has 0 radical (unpaired) electrons. The van der Waals surface area contributed by atoms with E-state index in [9.17, 15) is 4.79 Å². The van der Waals surface area contributed by atoms with Crippen LogP contribution in [0.5, 0.6) is 11.5 Å². The average molecular weight is 421 g/mol. The fourth-order valence-corrected chi connectivity index (χ4v) is 9.89. The summed E-state index contributed by atoms with van der Waals surface area (Å²) in [5.41, 5.74) is 1.81. The quantitative estimate of drug-likeness (QED) is 0.365. The van der Waals surface area contributed by atoms with E-state index < -0.39 is 14.3 Å². The average Bonchev–Trinajstić information content (AvgIpc) is 2.56. The lowest BCUT2D eigenvalue weighted by Crippen LogP contribution is -2.50. The first-order chi connectivity index (χ1) is 12.0. The zero-order valence-corrected chi connectivity index (χ0v) is 19.6. The van der Waals surface area contributed by atoms with Gasteiger partial charge in [-0.3, -0.25) is 0 Å². The van der Waals surface area contributed by atoms with Crippen molar-refractivity contribution in [3.63, 3.8) is 0 Å². The van der Waals surface area contributed by atoms with E-state index in [-0.39, 0.29) is 16.3 Å². The van der Waals surface area contributed by atoms with Gasteiger partial charge in [-0.05, 0) is 29.1 Å². The van der Waals surface area contributed by atoms with Crippen molar-refractivity contribution in [3.05, 3.63) is 21.2 Å². The van der Waals surface area contributed by atoms with Crippen molar-refractivity contribution in [3.8, 4) is 11.5 Å². The lowest BCUT2D eigenvalue weighted by molar-refractivity contribution is 0.0596. The Bertz CT molecular complexity index is 650. The summed E-state index contributed by atoms with van der Waals surface area (Å²) in [5, 5.41) is 0.539. The summed E-state index contributed by atoms with van der Waals surface area (Å²) >= 11 is 13.2. The highest BCUT2D eigenvalue weighted by Crippen LogP contribution is 2.50. The number of methoxy groups -OCH3 is 2. The number of carbonyl (C=O) groups excluding carboxylic acids is 1. The van der Waals surface area contributed by atoms with Crippen LogP contribution in [-0.2, 0) is 4.74 Å². The van der Waals surface area contributed by atoms with E-state index in [1.54, 1.807) is 6.92 Å². The van der Waals surface area contributed by atoms with E-state index in [0.29, 0.717) is 33.0 Å². The number of carbonyl (C=O) groups is 1. The minimum atomic E-state index is -2.28. The predicted octanol–water partition coefficient (Wildman–Crippen LogP) is 6.65. The molecule has 1 aromatic rings. The summed E-state index contributed by atoms with van der Waals surface area (Å²) < 4.78 is 17.0. The molecule has 26 heavy (non-hydrogen) atoms. The molecule has 1 aromatic carbocycles. The van der Waals surface area contributed by atoms with Crippen molar-refractivity contribution < 1.29 is 18.7 Å². The molecular weight excluding hydrogens is 391 g/mol. The summed E-state index contributed by atoms with van der Waals surface area (Å²) in [4.78, 5) is 12.2. The molecule has 0 saturated carbocycles. The summed E-state index contributed by atoms with van der Waals surface area (Å²) in [6, 6.07) is 0. The number of hydrogen-bond donors (Lipinski definition) is 0. The molecule has 0 saturated heterocycles. The minimum absolute atomic E-state index is 0.210. The maximum Gasteiger partial charge on any atom is 0.342 e. The molecule has 0 bridgehead atoms. The Balaban J connectivity index is 3.74. The lowest BCUT2D eigenvalue weighted by Gasteiger charge is -2.42. The number of halogens is 2. The van der Waals surface area contributed by atoms with Gasteiger partial charge < -0.3 is 13.9 Å². The van der Waals surface area contributed by atoms with Crippen LogP contribution in [0.3, 0.4) is 0 Å². The number of esters is 1. The molecule has 0 aliphatic heterocycles. The summed E-state index contributed by atoms with van der Waals surface area (Å²) in [6.07, 6.45) is 0. The van der Waals surface area contributed by atoms with Gasteiger partial charge in [0, 0.05) is 0 Å². The van der Waals surface area contributed by atoms with Gasteiger partial charge in [-0.25, -0.2) is 4.79 Å². The zero-order chi connectivity index (χ0) is 20.4. The standard InChI is InChI=1S/C19H30Cl2O4Si/c1-10(2)26(11(3)4,12(5)6)25-18-15(20)13(7)14(19(22)24-9)17(23-8)16(18)21/h10-12H,1-9H3. The van der Waals surface area contributed by atoms with Crippen molar-refractivity contribution in [1.29, 1.82) is 0 Å². The van der Waals surface area contributed by atoms with Gasteiger partial charge in [0.15, 0.2) is 5.75 Å². The fourth-order valence-electron chi connectivity index (χ4n) is 3.92. The smallest absolute Gasteiger partial charge is 0.342 e. The van der Waals surface area contributed by atoms with Crippen molar-refractivity contribution in [2.24, 2.45) is 0 Å². The van der Waals surface area contributed by atoms with Gasteiger partial charge in [0.25, 0.3) is 8.32 Å². The van der Waals surface area contributed by atoms with Crippen LogP contribution in [0.25, 0.3) is 0 Å². The lowest BCUT2D eigenvalue weighted by atomic mass is 10.1. The second kappa shape index (κ2) is 8.85. The Morgan fingerprint density at radius 3 is 1.69 bits per heavy atom. The molecule has 0 fully saturated rings. The van der Waals surface area contributed by atoms with Gasteiger partial charge >= 0.3 is 5.97 Å². The second-order valence-corrected chi connectivity index (χ2v) is 13.5. The molecule has 1 rings (SSSR count). The van der Waals surface area contributed by atoms with Crippen molar-refractivity contribution in [2.75, 3.05) is 14.2 Å². The second-order valence-electron chi connectivity index (χ2n) is 7.40. The monoisotopic (exact) mass is 420 g/mol. The summed E-state index contributed by atoms with van der Waals surface area (Å²) in [7, 11) is 0.485. The van der Waals surface area contributed by atoms with Crippen LogP contribution in [0.15, 0.2) is 0 Å². The fraction of sp³-hybridized carbons (Fsp3) is 0.632. The molecule has 4 nitrogen and oxygen atoms in total. The molecule has 0 aliphatic rings. The van der Waals surface area contributed by atoms with Crippen LogP contribution < -0.4 is 9.16 Å². The predicted molar refractivity (Wildman–Crippen MR) is 111 cm³/mol. The molecule has 7 heteroatoms. The topological polar surface area (TPSA) is 44.8 Å². The van der Waals surface area contributed by atoms with Crippen molar-refractivity contribution >= 4 is 37.5 Å². The van der Waals surface area contributed by atoms with Gasteiger partial charge in [-0.1, -0.05) is 64.7 Å². The molecule has 0 aliphatic carbocycles. The summed E-state index contributed by atoms with van der Waals surface area (Å²) in [5.74, 6) is 0.0856. The molecule has 0 amide bonds. The maximum atomic E-state index is 12.2. The molecular formula is C19H30Cl2O4Si. The largest absolute Gasteiger partial charge is 0.541 e. The third-order valence-corrected chi connectivity index (χ3v) is 11.9. The molecule has 0 aromatic heterocycles. The number of hydrogen-bond acceptors (Lipinski definition) is 4. The number of ether oxygens (including phenoxy) is 2. The van der Waals surface area contributed by atoms with Crippen LogP contribution in [0.2, 0.25) is 26.7 Å². The highest BCUT2D eigenvalue weighted by Gasteiger charge is 2.48. The third-order valence-electron chi connectivity index (χ3n) is 5.11. The molecule has 0 unspecified atom stereocenters. The van der Waals surface area contributed by atoms with Crippen molar-refractivity contribution in [1.82, 2.24) is 0 Å². The van der Waals surface area contributed by atoms with Gasteiger partial charge in [-0.2, -0.15) is 0 Å². The Labute approximate surface area is 168 Å². The van der Waals surface area contributed by atoms with Gasteiger partial charge in [-0.15, -0.1) is 0 Å². The molecule has 0 atom stereocenters. The van der Waals surface area contributed by atoms with Gasteiger partial charge in [0.2, 0.25) is 0 Å². The number of rotatable bonds is 7. The first-order valence-corrected chi connectivity index (χ1v) is 11.7. The van der Waals surface area contributed by atoms with E-state index >= 15 is 0 Å². The van der Waals surface area contributed by atoms with Crippen LogP contribution in [0.1, 0.15) is 57.5 Å². The van der Waals surface area contributed by atoms with E-state index in [1.165, 1.54) is 14.2 Å². The number of benzene rings is 1. The van der Waals surface area contributed by atoms with Crippen LogP contribution in [-0.4, -0.2) is 28.5 Å². The Hall–Kier alpha value is -0.913. The molecule has 148 valence electrons. The van der Waals surface area contributed by atoms with Crippen LogP contribution in [0.4, 0.5) is 0 Å². The van der Waals surface area contributed by atoms with E-state index in [2.05, 4.69) is 41.5 Å². The first-order valence-electron chi connectivity index (χ1n) is 8.80. The maximum absolute atomic E-state index is 12.2. The SMILES string of the molecule is COC(=O)c1c(C)c(Cl)c(O[Si](C(C)C)(C(C)C)C(C)C)c(Cl)c1OC. The van der Waals surface area contributed by atoms with Gasteiger partial charge in [0.1, 0.15) is 16.3 Å². The summed E-state index contributed by atoms with van der Waals surface area (Å²) in [6.45, 7) is 14.8. The van der Waals surface area contributed by atoms with E-state index in [4.69, 9.17) is 37.1 Å². The minimum Gasteiger partial charge on any atom is -0.541 e. The molecule has 0 spiro atoms. The Morgan fingerprint density at radius 2 is 1.35 bits per heavy atom. The highest BCUT2D eigenvalue weighted by atomic mass is 35.5. The highest BCUT2D eigenvalue weighted by molar-refractivity contribution is 6.78. The first kappa shape index (κ1) is 23.1. The van der Waals surface area contributed by atoms with Crippen molar-refractivity contribution in [2.45, 2.75) is 65.1 Å². The van der Waals surface area contributed by atoms with Crippen LogP contribution >= 0.6 is 23.2 Å². The van der Waals surface area contributed by atoms with Crippen LogP contribution in [0, 0.1) is 6.92 Å². The van der Waals surface area contributed by atoms with Gasteiger partial charge in [0.05, 0.1) is 19.2 Å². The Kier molecular flexibility index (Phi) is 7.87. The van der Waals surface area contributed by atoms with E-state index in [0.717, 1.165) is 0 Å². The molecule has 0 N–H and O–H groups in total. The Morgan fingerprint density at radius 1 is 0.885 bits per heavy atom. The van der Waals surface area contributed by atoms with E-state index in [1.807, 2.05) is 0 Å². The normalized spacial score (nSPS) is 12.1. The molecule has 0 heterocycles. The third kappa shape index (κ3) is 3.85.